The van der Waals surface area contributed by atoms with Gasteiger partial charge in [-0.2, -0.15) is 5.10 Å². The first kappa shape index (κ1) is 7.95. The Morgan fingerprint density at radius 2 is 2.54 bits per heavy atom. The van der Waals surface area contributed by atoms with Crippen LogP contribution < -0.4 is 0 Å². The average Bonchev–Trinajstić information content (AvgIpc) is 2.75. The van der Waals surface area contributed by atoms with Crippen molar-refractivity contribution >= 4 is 11.3 Å². The molecule has 0 aromatic carbocycles. The molecule has 0 saturated carbocycles. The van der Waals surface area contributed by atoms with Crippen molar-refractivity contribution in [3.8, 4) is 11.8 Å². The number of hydrogen-bond donors (Lipinski definition) is 0. The second-order valence-corrected chi connectivity index (χ2v) is 3.08. The van der Waals surface area contributed by atoms with Gasteiger partial charge in [0.25, 0.3) is 0 Å². The van der Waals surface area contributed by atoms with Crippen LogP contribution in [0.1, 0.15) is 5.01 Å². The van der Waals surface area contributed by atoms with E-state index in [1.807, 2.05) is 12.3 Å². The van der Waals surface area contributed by atoms with Gasteiger partial charge in [0.1, 0.15) is 12.1 Å². The molecular weight excluding hydrogens is 184 g/mol. The van der Waals surface area contributed by atoms with E-state index in [9.17, 15) is 0 Å². The van der Waals surface area contributed by atoms with Crippen LogP contribution in [0.15, 0.2) is 24.0 Å². The SMILES string of the molecule is C(#Cc1nncs1)Cn1cccn1. The Kier molecular flexibility index (Phi) is 2.34. The molecule has 2 aromatic rings. The molecule has 0 spiro atoms. The van der Waals surface area contributed by atoms with Crippen molar-refractivity contribution in [3.63, 3.8) is 0 Å². The Balaban J connectivity index is 1.99. The topological polar surface area (TPSA) is 43.6 Å². The molecular formula is C8H6N4S. The maximum Gasteiger partial charge on any atom is 0.190 e. The van der Waals surface area contributed by atoms with Gasteiger partial charge in [0.05, 0.1) is 0 Å². The van der Waals surface area contributed by atoms with E-state index in [4.69, 9.17) is 0 Å². The van der Waals surface area contributed by atoms with Gasteiger partial charge in [-0.25, -0.2) is 0 Å². The molecule has 5 heteroatoms. The van der Waals surface area contributed by atoms with Crippen molar-refractivity contribution in [1.29, 1.82) is 0 Å². The monoisotopic (exact) mass is 190 g/mol. The van der Waals surface area contributed by atoms with E-state index in [-0.39, 0.29) is 0 Å². The third-order valence-electron chi connectivity index (χ3n) is 1.36. The number of aromatic nitrogens is 4. The first-order chi connectivity index (χ1) is 6.45. The fraction of sp³-hybridized carbons (Fsp3) is 0.125. The summed E-state index contributed by atoms with van der Waals surface area (Å²) < 4.78 is 1.76. The highest BCUT2D eigenvalue weighted by Gasteiger charge is 1.87. The molecule has 0 N–H and O–H groups in total. The highest BCUT2D eigenvalue weighted by atomic mass is 32.1. The molecule has 4 nitrogen and oxygen atoms in total. The van der Waals surface area contributed by atoms with Crippen molar-refractivity contribution in [2.24, 2.45) is 0 Å². The Labute approximate surface area is 79.2 Å². The minimum Gasteiger partial charge on any atom is -0.261 e. The molecule has 0 bridgehead atoms. The van der Waals surface area contributed by atoms with Gasteiger partial charge in [0.2, 0.25) is 0 Å². The smallest absolute Gasteiger partial charge is 0.190 e. The minimum absolute atomic E-state index is 0.590. The maximum atomic E-state index is 4.02. The lowest BCUT2D eigenvalue weighted by molar-refractivity contribution is 0.715. The molecule has 13 heavy (non-hydrogen) atoms. The summed E-state index contributed by atoms with van der Waals surface area (Å²) in [6, 6.07) is 1.87. The van der Waals surface area contributed by atoms with Gasteiger partial charge in [-0.05, 0) is 12.0 Å². The molecule has 0 aliphatic carbocycles. The molecule has 0 aliphatic rings. The summed E-state index contributed by atoms with van der Waals surface area (Å²) in [5, 5.41) is 12.2. The van der Waals surface area contributed by atoms with E-state index >= 15 is 0 Å². The summed E-state index contributed by atoms with van der Waals surface area (Å²) in [4.78, 5) is 0. The Hall–Kier alpha value is -1.67. The van der Waals surface area contributed by atoms with E-state index in [0.717, 1.165) is 5.01 Å². The molecule has 0 radical (unpaired) electrons. The third-order valence-corrected chi connectivity index (χ3v) is 1.96. The summed E-state index contributed by atoms with van der Waals surface area (Å²) in [7, 11) is 0. The number of rotatable bonds is 1. The average molecular weight is 190 g/mol. The van der Waals surface area contributed by atoms with Crippen LogP contribution in [0.3, 0.4) is 0 Å². The predicted octanol–water partition coefficient (Wildman–Crippen LogP) is 0.786. The van der Waals surface area contributed by atoms with Crippen molar-refractivity contribution < 1.29 is 0 Å². The van der Waals surface area contributed by atoms with Crippen LogP contribution in [-0.4, -0.2) is 20.0 Å². The number of nitrogens with zero attached hydrogens (tertiary/aromatic N) is 4. The second-order valence-electron chi connectivity index (χ2n) is 2.25. The zero-order valence-corrected chi connectivity index (χ0v) is 7.53. The first-order valence-corrected chi connectivity index (χ1v) is 4.55. The van der Waals surface area contributed by atoms with Crippen LogP contribution in [0.4, 0.5) is 0 Å². The van der Waals surface area contributed by atoms with Crippen LogP contribution in [0.5, 0.6) is 0 Å². The van der Waals surface area contributed by atoms with Crippen molar-refractivity contribution in [2.75, 3.05) is 0 Å². The quantitative estimate of drug-likeness (QED) is 0.624. The van der Waals surface area contributed by atoms with Crippen molar-refractivity contribution in [1.82, 2.24) is 20.0 Å². The highest BCUT2D eigenvalue weighted by molar-refractivity contribution is 7.09. The van der Waals surface area contributed by atoms with Gasteiger partial charge >= 0.3 is 0 Å². The largest absolute Gasteiger partial charge is 0.261 e. The van der Waals surface area contributed by atoms with Crippen LogP contribution >= 0.6 is 11.3 Å². The molecule has 0 fully saturated rings. The Bertz CT molecular complexity index is 407. The molecule has 0 aliphatic heterocycles. The molecule has 0 saturated heterocycles. The summed E-state index contributed by atoms with van der Waals surface area (Å²) in [5.41, 5.74) is 1.66. The Morgan fingerprint density at radius 1 is 1.54 bits per heavy atom. The van der Waals surface area contributed by atoms with E-state index < -0.39 is 0 Å². The third kappa shape index (κ3) is 2.13. The van der Waals surface area contributed by atoms with Gasteiger partial charge in [0, 0.05) is 12.4 Å². The molecule has 64 valence electrons. The van der Waals surface area contributed by atoms with Gasteiger partial charge in [-0.3, -0.25) is 4.68 Å². The van der Waals surface area contributed by atoms with Gasteiger partial charge in [-0.15, -0.1) is 10.2 Å². The molecule has 0 unspecified atom stereocenters. The maximum absolute atomic E-state index is 4.02. The van der Waals surface area contributed by atoms with Crippen molar-refractivity contribution in [3.05, 3.63) is 29.0 Å². The summed E-state index contributed by atoms with van der Waals surface area (Å²) in [5.74, 6) is 5.85. The minimum atomic E-state index is 0.590. The van der Waals surface area contributed by atoms with E-state index in [1.54, 1.807) is 16.4 Å². The zero-order chi connectivity index (χ0) is 8.93. The van der Waals surface area contributed by atoms with E-state index in [1.165, 1.54) is 11.3 Å². The summed E-state index contributed by atoms with van der Waals surface area (Å²) in [6.45, 7) is 0.590. The lowest BCUT2D eigenvalue weighted by Crippen LogP contribution is -1.94. The molecule has 0 amide bonds. The predicted molar refractivity (Wildman–Crippen MR) is 49.0 cm³/mol. The fourth-order valence-corrected chi connectivity index (χ4v) is 1.24. The van der Waals surface area contributed by atoms with Crippen LogP contribution in [-0.2, 0) is 6.54 Å². The highest BCUT2D eigenvalue weighted by Crippen LogP contribution is 1.97. The molecule has 2 aromatic heterocycles. The lowest BCUT2D eigenvalue weighted by Gasteiger charge is -1.88. The second kappa shape index (κ2) is 3.83. The van der Waals surface area contributed by atoms with Gasteiger partial charge in [-0.1, -0.05) is 17.3 Å². The lowest BCUT2D eigenvalue weighted by atomic mass is 10.6. The zero-order valence-electron chi connectivity index (χ0n) is 6.71. The molecule has 0 atom stereocenters. The fourth-order valence-electron chi connectivity index (χ4n) is 0.818. The first-order valence-electron chi connectivity index (χ1n) is 3.67. The van der Waals surface area contributed by atoms with Crippen LogP contribution in [0, 0.1) is 11.8 Å². The van der Waals surface area contributed by atoms with E-state index in [2.05, 4.69) is 27.1 Å². The van der Waals surface area contributed by atoms with E-state index in [0.29, 0.717) is 6.54 Å². The molecule has 2 heterocycles. The van der Waals surface area contributed by atoms with Crippen molar-refractivity contribution in [2.45, 2.75) is 6.54 Å². The van der Waals surface area contributed by atoms with Gasteiger partial charge in [0.15, 0.2) is 5.01 Å². The van der Waals surface area contributed by atoms with Gasteiger partial charge < -0.3 is 0 Å². The van der Waals surface area contributed by atoms with Crippen LogP contribution in [0.25, 0.3) is 0 Å². The van der Waals surface area contributed by atoms with Crippen LogP contribution in [0.2, 0.25) is 0 Å². The Morgan fingerprint density at radius 3 is 3.23 bits per heavy atom. The summed E-state index contributed by atoms with van der Waals surface area (Å²) >= 11 is 1.43. The normalized spacial score (nSPS) is 9.23. The standard InChI is InChI=1S/C8H6N4S/c1(3-8-11-9-7-13-8)5-12-6-2-4-10-12/h2,4,6-7H,5H2. The molecule has 2 rings (SSSR count). The number of hydrogen-bond acceptors (Lipinski definition) is 4. The summed E-state index contributed by atoms with van der Waals surface area (Å²) in [6.07, 6.45) is 3.60.